The van der Waals surface area contributed by atoms with E-state index in [2.05, 4.69) is 42.3 Å². The van der Waals surface area contributed by atoms with Gasteiger partial charge in [-0.2, -0.15) is 0 Å². The van der Waals surface area contributed by atoms with Crippen LogP contribution in [0, 0.1) is 6.92 Å². The van der Waals surface area contributed by atoms with Gasteiger partial charge in [-0.3, -0.25) is 0 Å². The van der Waals surface area contributed by atoms with E-state index in [1.165, 1.54) is 5.56 Å². The summed E-state index contributed by atoms with van der Waals surface area (Å²) in [6.45, 7) is 6.82. The Hall–Kier alpha value is -1.76. The number of nitrogens with one attached hydrogen (secondary N) is 1. The van der Waals surface area contributed by atoms with E-state index in [9.17, 15) is 13.2 Å². The number of amides is 2. The summed E-state index contributed by atoms with van der Waals surface area (Å²) in [7, 11) is -2.96. The molecule has 128 valence electrons. The molecule has 0 unspecified atom stereocenters. The molecule has 0 spiro atoms. The number of anilines is 1. The molecule has 0 aliphatic carbocycles. The molecule has 0 aromatic heterocycles. The van der Waals surface area contributed by atoms with Gasteiger partial charge >= 0.3 is 6.03 Å². The van der Waals surface area contributed by atoms with E-state index in [4.69, 9.17) is 0 Å². The number of benzene rings is 1. The van der Waals surface area contributed by atoms with E-state index in [1.807, 2.05) is 6.07 Å². The van der Waals surface area contributed by atoms with Gasteiger partial charge in [-0.25, -0.2) is 13.2 Å². The molecule has 1 aromatic rings. The summed E-state index contributed by atoms with van der Waals surface area (Å²) in [6.07, 6.45) is 0. The first-order valence-corrected chi connectivity index (χ1v) is 9.78. The van der Waals surface area contributed by atoms with Gasteiger partial charge in [0.2, 0.25) is 0 Å². The van der Waals surface area contributed by atoms with Crippen LogP contribution in [0.4, 0.5) is 10.5 Å². The quantitative estimate of drug-likeness (QED) is 0.877. The third-order valence-electron chi connectivity index (χ3n) is 4.04. The van der Waals surface area contributed by atoms with Gasteiger partial charge in [0.05, 0.1) is 11.5 Å². The average Bonchev–Trinajstić information content (AvgIpc) is 2.51. The molecular formula is C16H25N3O3S. The first-order chi connectivity index (χ1) is 10.9. The zero-order valence-corrected chi connectivity index (χ0v) is 14.6. The third kappa shape index (κ3) is 5.13. The number of hydrogen-bond acceptors (Lipinski definition) is 4. The largest absolute Gasteiger partial charge is 0.370 e. The number of likely N-dealkylation sites (N-methyl/N-ethyl adjacent to an activating group) is 1. The number of aryl methyl sites for hydroxylation is 1. The minimum atomic E-state index is -2.96. The zero-order chi connectivity index (χ0) is 16.9. The summed E-state index contributed by atoms with van der Waals surface area (Å²) < 4.78 is 22.8. The molecule has 1 heterocycles. The SMILES string of the molecule is CCN(CCNC(=O)N1CCS(=O)(=O)CC1)c1cccc(C)c1. The lowest BCUT2D eigenvalue weighted by Gasteiger charge is -2.28. The third-order valence-corrected chi connectivity index (χ3v) is 5.65. The molecule has 1 saturated heterocycles. The van der Waals surface area contributed by atoms with Gasteiger partial charge in [0.1, 0.15) is 0 Å². The van der Waals surface area contributed by atoms with Crippen molar-refractivity contribution in [2.24, 2.45) is 0 Å². The van der Waals surface area contributed by atoms with Crippen molar-refractivity contribution in [3.63, 3.8) is 0 Å². The highest BCUT2D eigenvalue weighted by Gasteiger charge is 2.24. The highest BCUT2D eigenvalue weighted by molar-refractivity contribution is 7.91. The minimum absolute atomic E-state index is 0.0603. The van der Waals surface area contributed by atoms with Gasteiger partial charge in [-0.05, 0) is 31.5 Å². The molecule has 23 heavy (non-hydrogen) atoms. The van der Waals surface area contributed by atoms with E-state index in [1.54, 1.807) is 4.90 Å². The second-order valence-electron chi connectivity index (χ2n) is 5.79. The van der Waals surface area contributed by atoms with Crippen molar-refractivity contribution in [2.45, 2.75) is 13.8 Å². The van der Waals surface area contributed by atoms with Crippen LogP contribution in [0.5, 0.6) is 0 Å². The molecule has 2 amide bonds. The van der Waals surface area contributed by atoms with Crippen LogP contribution in [0.15, 0.2) is 24.3 Å². The van der Waals surface area contributed by atoms with Crippen LogP contribution in [-0.4, -0.2) is 63.6 Å². The van der Waals surface area contributed by atoms with Crippen LogP contribution in [0.25, 0.3) is 0 Å². The Morgan fingerprint density at radius 1 is 1.30 bits per heavy atom. The van der Waals surface area contributed by atoms with Gasteiger partial charge < -0.3 is 15.1 Å². The van der Waals surface area contributed by atoms with Gasteiger partial charge in [-0.15, -0.1) is 0 Å². The van der Waals surface area contributed by atoms with Crippen LogP contribution < -0.4 is 10.2 Å². The molecule has 6 nitrogen and oxygen atoms in total. The second kappa shape index (κ2) is 7.68. The summed E-state index contributed by atoms with van der Waals surface area (Å²) in [5, 5.41) is 2.88. The Morgan fingerprint density at radius 3 is 2.61 bits per heavy atom. The lowest BCUT2D eigenvalue weighted by atomic mass is 10.2. The van der Waals surface area contributed by atoms with Gasteiger partial charge in [-0.1, -0.05) is 12.1 Å². The Labute approximate surface area is 138 Å². The standard InChI is InChI=1S/C16H25N3O3S/c1-3-18(15-6-4-5-14(2)13-15)8-7-17-16(20)19-9-11-23(21,22)12-10-19/h4-6,13H,3,7-12H2,1-2H3,(H,17,20). The smallest absolute Gasteiger partial charge is 0.317 e. The summed E-state index contributed by atoms with van der Waals surface area (Å²) in [4.78, 5) is 15.8. The number of sulfone groups is 1. The van der Waals surface area contributed by atoms with Gasteiger partial charge in [0.25, 0.3) is 0 Å². The second-order valence-corrected chi connectivity index (χ2v) is 8.09. The van der Waals surface area contributed by atoms with E-state index < -0.39 is 9.84 Å². The Bertz CT molecular complexity index is 632. The van der Waals surface area contributed by atoms with Crippen molar-refractivity contribution >= 4 is 21.6 Å². The van der Waals surface area contributed by atoms with Crippen molar-refractivity contribution in [3.05, 3.63) is 29.8 Å². The molecule has 1 aliphatic rings. The molecule has 0 bridgehead atoms. The maximum absolute atomic E-state index is 12.1. The monoisotopic (exact) mass is 339 g/mol. The maximum Gasteiger partial charge on any atom is 0.317 e. The fraction of sp³-hybridized carbons (Fsp3) is 0.562. The van der Waals surface area contributed by atoms with Crippen molar-refractivity contribution in [2.75, 3.05) is 49.1 Å². The van der Waals surface area contributed by atoms with E-state index in [-0.39, 0.29) is 30.6 Å². The molecule has 2 rings (SSSR count). The molecule has 1 fully saturated rings. The number of nitrogens with zero attached hydrogens (tertiary/aromatic N) is 2. The van der Waals surface area contributed by atoms with E-state index >= 15 is 0 Å². The number of urea groups is 1. The lowest BCUT2D eigenvalue weighted by molar-refractivity contribution is 0.202. The average molecular weight is 339 g/mol. The van der Waals surface area contributed by atoms with Crippen LogP contribution in [0.3, 0.4) is 0 Å². The molecule has 0 saturated carbocycles. The molecule has 0 atom stereocenters. The zero-order valence-electron chi connectivity index (χ0n) is 13.8. The highest BCUT2D eigenvalue weighted by Crippen LogP contribution is 2.15. The normalized spacial score (nSPS) is 16.9. The van der Waals surface area contributed by atoms with Crippen molar-refractivity contribution in [3.8, 4) is 0 Å². The van der Waals surface area contributed by atoms with E-state index in [0.717, 1.165) is 18.8 Å². The topological polar surface area (TPSA) is 69.7 Å². The number of rotatable bonds is 5. The van der Waals surface area contributed by atoms with Gasteiger partial charge in [0, 0.05) is 38.4 Å². The predicted molar refractivity (Wildman–Crippen MR) is 92.7 cm³/mol. The number of carbonyl (C=O) groups is 1. The van der Waals surface area contributed by atoms with Crippen molar-refractivity contribution in [1.82, 2.24) is 10.2 Å². The molecule has 0 radical (unpaired) electrons. The first-order valence-electron chi connectivity index (χ1n) is 7.96. The number of hydrogen-bond donors (Lipinski definition) is 1. The molecule has 1 aliphatic heterocycles. The van der Waals surface area contributed by atoms with Crippen LogP contribution in [-0.2, 0) is 9.84 Å². The predicted octanol–water partition coefficient (Wildman–Crippen LogP) is 1.26. The molecule has 1 N–H and O–H groups in total. The van der Waals surface area contributed by atoms with Crippen LogP contribution in [0.1, 0.15) is 12.5 Å². The fourth-order valence-electron chi connectivity index (χ4n) is 2.62. The van der Waals surface area contributed by atoms with Crippen molar-refractivity contribution in [1.29, 1.82) is 0 Å². The number of carbonyl (C=O) groups excluding carboxylic acids is 1. The van der Waals surface area contributed by atoms with Gasteiger partial charge in [0.15, 0.2) is 9.84 Å². The summed E-state index contributed by atoms with van der Waals surface area (Å²) in [6, 6.07) is 8.10. The first kappa shape index (κ1) is 17.6. The summed E-state index contributed by atoms with van der Waals surface area (Å²) >= 11 is 0. The Morgan fingerprint density at radius 2 is 2.00 bits per heavy atom. The van der Waals surface area contributed by atoms with Crippen LogP contribution >= 0.6 is 0 Å². The van der Waals surface area contributed by atoms with Crippen molar-refractivity contribution < 1.29 is 13.2 Å². The van der Waals surface area contributed by atoms with E-state index in [0.29, 0.717) is 6.54 Å². The Balaban J connectivity index is 1.80. The fourth-order valence-corrected chi connectivity index (χ4v) is 3.82. The maximum atomic E-state index is 12.1. The Kier molecular flexibility index (Phi) is 5.87. The summed E-state index contributed by atoms with van der Waals surface area (Å²) in [5.74, 6) is 0.121. The minimum Gasteiger partial charge on any atom is -0.370 e. The molecule has 1 aromatic carbocycles. The highest BCUT2D eigenvalue weighted by atomic mass is 32.2. The van der Waals surface area contributed by atoms with Crippen LogP contribution in [0.2, 0.25) is 0 Å². The summed E-state index contributed by atoms with van der Waals surface area (Å²) in [5.41, 5.74) is 2.35. The molecular weight excluding hydrogens is 314 g/mol. The molecule has 7 heteroatoms. The lowest BCUT2D eigenvalue weighted by Crippen LogP contribution is -2.49.